The average molecular weight is 474 g/mol. The number of ether oxygens (including phenoxy) is 1. The molecule has 0 saturated heterocycles. The fourth-order valence-corrected chi connectivity index (χ4v) is 4.89. The average Bonchev–Trinajstić information content (AvgIpc) is 2.75. The third-order valence-corrected chi connectivity index (χ3v) is 7.02. The van der Waals surface area contributed by atoms with Crippen molar-refractivity contribution in [2.24, 2.45) is 0 Å². The number of amides is 1. The first kappa shape index (κ1) is 23.6. The zero-order valence-electron chi connectivity index (χ0n) is 18.2. The molecule has 0 aliphatic rings. The summed E-state index contributed by atoms with van der Waals surface area (Å²) in [6.45, 7) is 5.39. The summed E-state index contributed by atoms with van der Waals surface area (Å²) >= 11 is 5.94. The molecule has 168 valence electrons. The lowest BCUT2D eigenvalue weighted by molar-refractivity contribution is 0.100. The van der Waals surface area contributed by atoms with E-state index in [0.717, 1.165) is 4.31 Å². The zero-order chi connectivity index (χ0) is 23.6. The highest BCUT2D eigenvalue weighted by Crippen LogP contribution is 2.36. The van der Waals surface area contributed by atoms with E-state index in [0.29, 0.717) is 21.9 Å². The molecule has 8 heteroatoms. The summed E-state index contributed by atoms with van der Waals surface area (Å²) in [6, 6.07) is 14.8. The Labute approximate surface area is 193 Å². The third-order valence-electron chi connectivity index (χ3n) is 5.06. The van der Waals surface area contributed by atoms with E-state index in [9.17, 15) is 18.3 Å². The van der Waals surface area contributed by atoms with E-state index in [-0.39, 0.29) is 27.8 Å². The van der Waals surface area contributed by atoms with Crippen LogP contribution in [0.3, 0.4) is 0 Å². The molecular weight excluding hydrogens is 450 g/mol. The van der Waals surface area contributed by atoms with Gasteiger partial charge in [-0.15, -0.1) is 0 Å². The predicted molar refractivity (Wildman–Crippen MR) is 125 cm³/mol. The van der Waals surface area contributed by atoms with Crippen LogP contribution in [0.4, 0.5) is 5.69 Å². The predicted octanol–water partition coefficient (Wildman–Crippen LogP) is 5.52. The smallest absolute Gasteiger partial charge is 0.272 e. The number of halogens is 1. The number of aryl methyl sites for hydroxylation is 1. The van der Waals surface area contributed by atoms with Crippen LogP contribution in [0.5, 0.6) is 11.5 Å². The van der Waals surface area contributed by atoms with E-state index in [4.69, 9.17) is 16.3 Å². The molecule has 0 bridgehead atoms. The maximum atomic E-state index is 13.7. The summed E-state index contributed by atoms with van der Waals surface area (Å²) in [6.07, 6.45) is 0. The van der Waals surface area contributed by atoms with Crippen molar-refractivity contribution in [1.82, 2.24) is 0 Å². The fourth-order valence-electron chi connectivity index (χ4n) is 3.29. The molecule has 0 aliphatic carbocycles. The molecule has 3 aromatic rings. The van der Waals surface area contributed by atoms with Crippen molar-refractivity contribution in [2.75, 3.05) is 11.4 Å². The highest BCUT2D eigenvalue weighted by atomic mass is 35.5. The van der Waals surface area contributed by atoms with Gasteiger partial charge in [-0.2, -0.15) is 4.31 Å². The van der Waals surface area contributed by atoms with Gasteiger partial charge in [-0.25, -0.2) is 8.42 Å². The Morgan fingerprint density at radius 1 is 1.03 bits per heavy atom. The molecular formula is C24H24ClNO5S. The van der Waals surface area contributed by atoms with E-state index in [2.05, 4.69) is 0 Å². The molecule has 3 aromatic carbocycles. The van der Waals surface area contributed by atoms with Crippen LogP contribution in [0.25, 0.3) is 0 Å². The van der Waals surface area contributed by atoms with E-state index >= 15 is 0 Å². The van der Waals surface area contributed by atoms with Crippen LogP contribution in [0, 0.1) is 6.92 Å². The number of benzene rings is 3. The number of rotatable bonds is 6. The molecule has 0 radical (unpaired) electrons. The van der Waals surface area contributed by atoms with Crippen LogP contribution >= 0.6 is 11.6 Å². The highest BCUT2D eigenvalue weighted by Gasteiger charge is 2.33. The van der Waals surface area contributed by atoms with Gasteiger partial charge in [-0.1, -0.05) is 25.4 Å². The van der Waals surface area contributed by atoms with Gasteiger partial charge >= 0.3 is 0 Å². The summed E-state index contributed by atoms with van der Waals surface area (Å²) < 4.78 is 33.3. The van der Waals surface area contributed by atoms with Crippen LogP contribution in [0.2, 0.25) is 5.02 Å². The molecule has 0 fully saturated rings. The lowest BCUT2D eigenvalue weighted by atomic mass is 9.99. The third kappa shape index (κ3) is 4.59. The quantitative estimate of drug-likeness (QED) is 0.509. The van der Waals surface area contributed by atoms with Gasteiger partial charge in [0.2, 0.25) is 0 Å². The molecule has 6 nitrogen and oxygen atoms in total. The Bertz CT molecular complexity index is 1240. The minimum absolute atomic E-state index is 0.0435. The first-order valence-electron chi connectivity index (χ1n) is 9.89. The van der Waals surface area contributed by atoms with Crippen molar-refractivity contribution in [3.63, 3.8) is 0 Å². The Morgan fingerprint density at radius 2 is 1.62 bits per heavy atom. The number of nitrogens with zero attached hydrogens (tertiary/aromatic N) is 1. The SMILES string of the molecule is COc1ccc(S(=O)(=O)N(C(=O)c2ccc(Cl)cc2)c2cc(C(C)C)c(O)cc2C)cc1. The molecule has 0 saturated carbocycles. The summed E-state index contributed by atoms with van der Waals surface area (Å²) in [7, 11) is -2.82. The second-order valence-electron chi connectivity index (χ2n) is 7.61. The second kappa shape index (κ2) is 9.22. The minimum Gasteiger partial charge on any atom is -0.508 e. The number of phenolic OH excluding ortho intramolecular Hbond substituents is 1. The van der Waals surface area contributed by atoms with Gasteiger partial charge in [0.15, 0.2) is 0 Å². The van der Waals surface area contributed by atoms with Crippen LogP contribution in [-0.2, 0) is 10.0 Å². The Kier molecular flexibility index (Phi) is 6.81. The largest absolute Gasteiger partial charge is 0.508 e. The van der Waals surface area contributed by atoms with Gasteiger partial charge in [-0.3, -0.25) is 4.79 Å². The number of hydrogen-bond donors (Lipinski definition) is 1. The number of aromatic hydroxyl groups is 1. The highest BCUT2D eigenvalue weighted by molar-refractivity contribution is 7.93. The first-order chi connectivity index (χ1) is 15.1. The lowest BCUT2D eigenvalue weighted by Gasteiger charge is -2.26. The van der Waals surface area contributed by atoms with Crippen molar-refractivity contribution < 1.29 is 23.1 Å². The summed E-state index contributed by atoms with van der Waals surface area (Å²) in [5.74, 6) is -0.295. The number of phenols is 1. The molecule has 0 aromatic heterocycles. The lowest BCUT2D eigenvalue weighted by Crippen LogP contribution is -2.37. The van der Waals surface area contributed by atoms with Crippen molar-refractivity contribution in [3.8, 4) is 11.5 Å². The molecule has 0 unspecified atom stereocenters. The van der Waals surface area contributed by atoms with Crippen LogP contribution in [-0.4, -0.2) is 26.5 Å². The number of carbonyl (C=O) groups excluding carboxylic acids is 1. The zero-order valence-corrected chi connectivity index (χ0v) is 19.7. The van der Waals surface area contributed by atoms with Crippen molar-refractivity contribution in [2.45, 2.75) is 31.6 Å². The van der Waals surface area contributed by atoms with Gasteiger partial charge in [0.25, 0.3) is 15.9 Å². The minimum atomic E-state index is -4.30. The number of sulfonamides is 1. The number of hydrogen-bond acceptors (Lipinski definition) is 5. The van der Waals surface area contributed by atoms with Gasteiger partial charge in [-0.05, 0) is 84.6 Å². The van der Waals surface area contributed by atoms with Gasteiger partial charge < -0.3 is 9.84 Å². The molecule has 32 heavy (non-hydrogen) atoms. The summed E-state index contributed by atoms with van der Waals surface area (Å²) in [5.41, 5.74) is 1.29. The van der Waals surface area contributed by atoms with E-state index in [1.807, 2.05) is 13.8 Å². The fraction of sp³-hybridized carbons (Fsp3) is 0.208. The Hall–Kier alpha value is -3.03. The molecule has 0 aliphatic heterocycles. The molecule has 1 amide bonds. The number of methoxy groups -OCH3 is 1. The number of anilines is 1. The Morgan fingerprint density at radius 3 is 2.16 bits per heavy atom. The van der Waals surface area contributed by atoms with Crippen molar-refractivity contribution >= 4 is 33.2 Å². The Balaban J connectivity index is 2.25. The standard InChI is InChI=1S/C24H24ClNO5S/c1-15(2)21-14-22(16(3)13-23(21)27)26(24(28)17-5-7-18(25)8-6-17)32(29,30)20-11-9-19(31-4)10-12-20/h5-15,27H,1-4H3. The van der Waals surface area contributed by atoms with Crippen LogP contribution < -0.4 is 9.04 Å². The molecule has 3 rings (SSSR count). The van der Waals surface area contributed by atoms with E-state index in [1.54, 1.807) is 13.0 Å². The molecule has 0 heterocycles. The van der Waals surface area contributed by atoms with E-state index < -0.39 is 15.9 Å². The summed E-state index contributed by atoms with van der Waals surface area (Å²) in [5, 5.41) is 10.8. The van der Waals surface area contributed by atoms with Gasteiger partial charge in [0.1, 0.15) is 11.5 Å². The van der Waals surface area contributed by atoms with Crippen molar-refractivity contribution in [3.05, 3.63) is 82.4 Å². The molecule has 1 N–H and O–H groups in total. The maximum absolute atomic E-state index is 13.7. The number of carbonyl (C=O) groups is 1. The van der Waals surface area contributed by atoms with Crippen LogP contribution in [0.1, 0.15) is 41.3 Å². The first-order valence-corrected chi connectivity index (χ1v) is 11.7. The van der Waals surface area contributed by atoms with Crippen molar-refractivity contribution in [1.29, 1.82) is 0 Å². The van der Waals surface area contributed by atoms with Gasteiger partial charge in [0, 0.05) is 10.6 Å². The van der Waals surface area contributed by atoms with Crippen LogP contribution in [0.15, 0.2) is 65.6 Å². The topological polar surface area (TPSA) is 83.9 Å². The molecule has 0 atom stereocenters. The second-order valence-corrected chi connectivity index (χ2v) is 9.83. The normalized spacial score (nSPS) is 11.4. The molecule has 0 spiro atoms. The summed E-state index contributed by atoms with van der Waals surface area (Å²) in [4.78, 5) is 13.5. The van der Waals surface area contributed by atoms with Gasteiger partial charge in [0.05, 0.1) is 17.7 Å². The maximum Gasteiger partial charge on any atom is 0.272 e. The monoisotopic (exact) mass is 473 g/mol. The van der Waals surface area contributed by atoms with E-state index in [1.165, 1.54) is 61.7 Å².